The molecule has 1 aliphatic heterocycles. The van der Waals surface area contributed by atoms with Crippen LogP contribution in [0.5, 0.6) is 0 Å². The molecular weight excluding hydrogens is 534 g/mol. The zero-order valence-electron chi connectivity index (χ0n) is 22.0. The van der Waals surface area contributed by atoms with Gasteiger partial charge in [0.25, 0.3) is 11.6 Å². The lowest BCUT2D eigenvalue weighted by Gasteiger charge is -2.52. The van der Waals surface area contributed by atoms with Crippen molar-refractivity contribution in [2.75, 3.05) is 10.6 Å². The van der Waals surface area contributed by atoms with Crippen LogP contribution in [0.15, 0.2) is 102 Å². The van der Waals surface area contributed by atoms with E-state index in [1.165, 1.54) is 24.4 Å². The Morgan fingerprint density at radius 2 is 1.48 bits per heavy atom. The van der Waals surface area contributed by atoms with E-state index in [-0.39, 0.29) is 22.6 Å². The van der Waals surface area contributed by atoms with Gasteiger partial charge in [-0.15, -0.1) is 0 Å². The molecule has 10 nitrogen and oxygen atoms in total. The summed E-state index contributed by atoms with van der Waals surface area (Å²) < 4.78 is 0. The van der Waals surface area contributed by atoms with Gasteiger partial charge in [-0.25, -0.2) is 10.3 Å². The Balaban J connectivity index is 1.42. The number of nitro benzene ring substituents is 1. The number of rotatable bonds is 5. The predicted octanol–water partition coefficient (Wildman–Crippen LogP) is 4.14. The molecule has 0 aromatic heterocycles. The molecule has 0 spiro atoms. The molecule has 4 aromatic rings. The highest BCUT2D eigenvalue weighted by molar-refractivity contribution is 6.25. The maximum atomic E-state index is 14.4. The summed E-state index contributed by atoms with van der Waals surface area (Å²) in [5.41, 5.74) is 10.7. The van der Waals surface area contributed by atoms with Crippen LogP contribution in [0, 0.1) is 22.0 Å². The second-order valence-electron chi connectivity index (χ2n) is 10.6. The Labute approximate surface area is 239 Å². The lowest BCUT2D eigenvalue weighted by atomic mass is 9.47. The number of carbonyl (C=O) groups is 3. The molecule has 1 fully saturated rings. The Bertz CT molecular complexity index is 1820. The number of anilines is 2. The summed E-state index contributed by atoms with van der Waals surface area (Å²) in [7, 11) is 0. The first-order valence-corrected chi connectivity index (χ1v) is 13.4. The molecular formula is C32H23N5O5. The van der Waals surface area contributed by atoms with Crippen molar-refractivity contribution < 1.29 is 19.3 Å². The van der Waals surface area contributed by atoms with E-state index in [4.69, 9.17) is 5.73 Å². The monoisotopic (exact) mass is 557 g/mol. The molecule has 0 unspecified atom stereocenters. The number of nitrogen functional groups attached to an aromatic ring is 1. The fourth-order valence-electron chi connectivity index (χ4n) is 7.05. The molecule has 8 rings (SSSR count). The number of amides is 3. The van der Waals surface area contributed by atoms with Crippen LogP contribution in [0.1, 0.15) is 38.5 Å². The van der Waals surface area contributed by atoms with Crippen LogP contribution in [0.2, 0.25) is 0 Å². The third-order valence-electron chi connectivity index (χ3n) is 8.64. The second-order valence-corrected chi connectivity index (χ2v) is 10.6. The van der Waals surface area contributed by atoms with E-state index in [1.54, 1.807) is 30.3 Å². The van der Waals surface area contributed by atoms with Gasteiger partial charge in [0, 0.05) is 23.9 Å². The van der Waals surface area contributed by atoms with E-state index in [1.807, 2.05) is 48.5 Å². The minimum atomic E-state index is -1.24. The van der Waals surface area contributed by atoms with Crippen molar-refractivity contribution in [2.24, 2.45) is 16.9 Å². The minimum Gasteiger partial charge on any atom is -0.398 e. The van der Waals surface area contributed by atoms with Gasteiger partial charge in [0.2, 0.25) is 11.8 Å². The molecule has 3 amide bonds. The summed E-state index contributed by atoms with van der Waals surface area (Å²) in [6.45, 7) is 0. The van der Waals surface area contributed by atoms with Crippen LogP contribution in [0.4, 0.5) is 17.1 Å². The Morgan fingerprint density at radius 1 is 0.881 bits per heavy atom. The Morgan fingerprint density at radius 3 is 2.14 bits per heavy atom. The number of carbonyl (C=O) groups excluding carboxylic acids is 3. The van der Waals surface area contributed by atoms with Crippen molar-refractivity contribution in [2.45, 2.75) is 11.3 Å². The molecule has 10 heteroatoms. The lowest BCUT2D eigenvalue weighted by molar-refractivity contribution is -0.384. The van der Waals surface area contributed by atoms with Gasteiger partial charge in [-0.2, -0.15) is 5.10 Å². The maximum Gasteiger partial charge on any atom is 0.293 e. The van der Waals surface area contributed by atoms with Crippen LogP contribution in [-0.2, 0) is 15.0 Å². The van der Waals surface area contributed by atoms with Crippen LogP contribution >= 0.6 is 0 Å². The average molecular weight is 558 g/mol. The van der Waals surface area contributed by atoms with Gasteiger partial charge in [-0.3, -0.25) is 24.5 Å². The molecule has 3 aliphatic carbocycles. The van der Waals surface area contributed by atoms with Crippen LogP contribution in [0.3, 0.4) is 0 Å². The number of hydrogen-bond acceptors (Lipinski definition) is 7. The number of imide groups is 1. The largest absolute Gasteiger partial charge is 0.398 e. The lowest BCUT2D eigenvalue weighted by Crippen LogP contribution is -2.54. The number of para-hydroxylation sites is 3. The third-order valence-corrected chi connectivity index (χ3v) is 8.64. The first-order chi connectivity index (χ1) is 20.4. The van der Waals surface area contributed by atoms with E-state index in [2.05, 4.69) is 10.5 Å². The molecule has 4 aromatic carbocycles. The highest BCUT2D eigenvalue weighted by atomic mass is 16.6. The average Bonchev–Trinajstić information content (AvgIpc) is 3.27. The number of nitro groups is 1. The summed E-state index contributed by atoms with van der Waals surface area (Å²) in [4.78, 5) is 53.9. The molecule has 1 heterocycles. The van der Waals surface area contributed by atoms with Crippen LogP contribution in [0.25, 0.3) is 0 Å². The van der Waals surface area contributed by atoms with E-state index in [9.17, 15) is 24.5 Å². The number of hydrazone groups is 1. The van der Waals surface area contributed by atoms with E-state index in [0.29, 0.717) is 0 Å². The fourth-order valence-corrected chi connectivity index (χ4v) is 7.05. The van der Waals surface area contributed by atoms with Crippen LogP contribution in [-0.4, -0.2) is 28.9 Å². The van der Waals surface area contributed by atoms with Crippen molar-refractivity contribution in [3.63, 3.8) is 0 Å². The highest BCUT2D eigenvalue weighted by Gasteiger charge is 2.68. The smallest absolute Gasteiger partial charge is 0.293 e. The van der Waals surface area contributed by atoms with Crippen molar-refractivity contribution in [1.82, 2.24) is 5.43 Å². The topological polar surface area (TPSA) is 148 Å². The molecule has 0 saturated carbocycles. The van der Waals surface area contributed by atoms with E-state index >= 15 is 0 Å². The first kappa shape index (κ1) is 25.3. The molecule has 42 heavy (non-hydrogen) atoms. The van der Waals surface area contributed by atoms with Gasteiger partial charge in [0.05, 0.1) is 27.7 Å². The van der Waals surface area contributed by atoms with Gasteiger partial charge in [-0.1, -0.05) is 72.8 Å². The van der Waals surface area contributed by atoms with E-state index in [0.717, 1.165) is 27.2 Å². The first-order valence-electron chi connectivity index (χ1n) is 13.4. The van der Waals surface area contributed by atoms with Crippen molar-refractivity contribution in [3.8, 4) is 0 Å². The van der Waals surface area contributed by atoms with Gasteiger partial charge < -0.3 is 5.73 Å². The summed E-state index contributed by atoms with van der Waals surface area (Å²) in [6.07, 6.45) is 1.53. The van der Waals surface area contributed by atoms with Crippen molar-refractivity contribution in [3.05, 3.63) is 135 Å². The summed E-state index contributed by atoms with van der Waals surface area (Å²) in [5.74, 6) is -3.83. The molecule has 2 bridgehead atoms. The summed E-state index contributed by atoms with van der Waals surface area (Å²) in [6, 6.07) is 27.5. The van der Waals surface area contributed by atoms with Crippen molar-refractivity contribution >= 4 is 41.0 Å². The SMILES string of the molecule is Nc1ccccc1C(=O)N/N=C\C12c3ccccc3C(c3ccccc31)[C@H]1C(=O)N(c3ccccc3[N+](=O)[O-])C(=O)[C@H]12. The third kappa shape index (κ3) is 3.32. The number of nitrogens with two attached hydrogens (primary N) is 1. The number of nitrogens with one attached hydrogen (secondary N) is 1. The number of hydrogen-bond donors (Lipinski definition) is 2. The van der Waals surface area contributed by atoms with Gasteiger partial charge in [-0.05, 0) is 40.5 Å². The normalized spacial score (nSPS) is 23.4. The van der Waals surface area contributed by atoms with Crippen LogP contribution < -0.4 is 16.1 Å². The Hall–Kier alpha value is -5.64. The number of nitrogens with zero attached hydrogens (tertiary/aromatic N) is 3. The van der Waals surface area contributed by atoms with Gasteiger partial charge in [0.1, 0.15) is 5.69 Å². The Kier molecular flexibility index (Phi) is 5.55. The maximum absolute atomic E-state index is 14.4. The zero-order valence-corrected chi connectivity index (χ0v) is 22.0. The van der Waals surface area contributed by atoms with E-state index < -0.39 is 45.8 Å². The van der Waals surface area contributed by atoms with Gasteiger partial charge in [0.15, 0.2) is 0 Å². The molecule has 4 aliphatic rings. The minimum absolute atomic E-state index is 0.0700. The fraction of sp³-hybridized carbons (Fsp3) is 0.125. The summed E-state index contributed by atoms with van der Waals surface area (Å²) in [5, 5.41) is 16.3. The second kappa shape index (κ2) is 9.20. The molecule has 2 atom stereocenters. The quantitative estimate of drug-likeness (QED) is 0.124. The standard InChI is InChI=1S/C32H23N5O5/c33-23-14-6-3-11-20(23)29(38)35-34-17-32-21-12-4-1-9-18(21)26(19-10-2-5-13-22(19)32)27-28(32)31(40)36(30(27)39)24-15-7-8-16-25(24)37(41)42/h1-17,26-28H,33H2,(H,35,38)/b34-17-/t26?,27-,28+,32?/m1/s1. The highest BCUT2D eigenvalue weighted by Crippen LogP contribution is 2.63. The molecule has 1 saturated heterocycles. The molecule has 206 valence electrons. The van der Waals surface area contributed by atoms with Crippen molar-refractivity contribution in [1.29, 1.82) is 0 Å². The molecule has 3 N–H and O–H groups in total. The van der Waals surface area contributed by atoms with Gasteiger partial charge >= 0.3 is 0 Å². The zero-order chi connectivity index (χ0) is 29.2. The predicted molar refractivity (Wildman–Crippen MR) is 155 cm³/mol. The number of benzene rings is 4. The molecule has 0 radical (unpaired) electrons. The summed E-state index contributed by atoms with van der Waals surface area (Å²) >= 11 is 0.